The van der Waals surface area contributed by atoms with E-state index in [0.29, 0.717) is 5.56 Å². The smallest absolute Gasteiger partial charge is 0.150 e. The number of H-pyrrole nitrogens is 1. The quantitative estimate of drug-likeness (QED) is 0.677. The number of aldehydes is 1. The average Bonchev–Trinajstić information content (AvgIpc) is 2.82. The van der Waals surface area contributed by atoms with E-state index in [9.17, 15) is 4.79 Å². The fraction of sp³-hybridized carbons (Fsp3) is 0. The van der Waals surface area contributed by atoms with Crippen LogP contribution in [0.4, 0.5) is 0 Å². The molecule has 0 radical (unpaired) electrons. The van der Waals surface area contributed by atoms with Gasteiger partial charge in [-0.3, -0.25) is 9.78 Å². The Morgan fingerprint density at radius 1 is 1.12 bits per heavy atom. The van der Waals surface area contributed by atoms with Crippen molar-refractivity contribution in [2.75, 3.05) is 0 Å². The molecule has 1 aromatic carbocycles. The highest BCUT2D eigenvalue weighted by atomic mass is 16.1. The maximum Gasteiger partial charge on any atom is 0.150 e. The maximum absolute atomic E-state index is 10.7. The fourth-order valence-electron chi connectivity index (χ4n) is 1.88. The third kappa shape index (κ3) is 1.72. The summed E-state index contributed by atoms with van der Waals surface area (Å²) in [6.45, 7) is 0. The summed E-state index contributed by atoms with van der Waals surface area (Å²) in [4.78, 5) is 18.3. The van der Waals surface area contributed by atoms with Crippen molar-refractivity contribution in [2.24, 2.45) is 0 Å². The van der Waals surface area contributed by atoms with Crippen LogP contribution >= 0.6 is 0 Å². The van der Waals surface area contributed by atoms with Crippen LogP contribution in [0, 0.1) is 0 Å². The van der Waals surface area contributed by atoms with Gasteiger partial charge in [-0.15, -0.1) is 0 Å². The van der Waals surface area contributed by atoms with Crippen molar-refractivity contribution >= 4 is 17.2 Å². The lowest BCUT2D eigenvalue weighted by Crippen LogP contribution is -1.86. The molecular weight excluding hydrogens is 212 g/mol. The molecule has 3 rings (SSSR count). The summed E-state index contributed by atoms with van der Waals surface area (Å²) in [5, 5.41) is 1.14. The molecule has 0 unspecified atom stereocenters. The minimum absolute atomic E-state index is 0.633. The molecule has 0 aliphatic carbocycles. The van der Waals surface area contributed by atoms with Crippen molar-refractivity contribution < 1.29 is 4.79 Å². The largest absolute Gasteiger partial charge is 0.353 e. The summed E-state index contributed by atoms with van der Waals surface area (Å²) in [7, 11) is 0. The summed E-state index contributed by atoms with van der Waals surface area (Å²) in [6, 6.07) is 13.5. The summed E-state index contributed by atoms with van der Waals surface area (Å²) in [5.41, 5.74) is 3.41. The Morgan fingerprint density at radius 3 is 2.82 bits per heavy atom. The topological polar surface area (TPSA) is 45.8 Å². The molecule has 0 aliphatic heterocycles. The van der Waals surface area contributed by atoms with Gasteiger partial charge in [0.15, 0.2) is 0 Å². The number of fused-ring (bicyclic) bond motifs is 1. The van der Waals surface area contributed by atoms with Gasteiger partial charge in [-0.25, -0.2) is 0 Å². The molecule has 0 bridgehead atoms. The lowest BCUT2D eigenvalue weighted by atomic mass is 10.2. The number of para-hydroxylation sites is 1. The van der Waals surface area contributed by atoms with E-state index in [1.165, 1.54) is 0 Å². The molecule has 3 aromatic rings. The molecule has 0 saturated carbocycles. The van der Waals surface area contributed by atoms with Crippen LogP contribution < -0.4 is 0 Å². The van der Waals surface area contributed by atoms with E-state index in [1.54, 1.807) is 18.3 Å². The lowest BCUT2D eigenvalue weighted by molar-refractivity contribution is 0.112. The molecule has 2 heterocycles. The zero-order chi connectivity index (χ0) is 11.7. The normalized spacial score (nSPS) is 10.6. The molecule has 0 amide bonds. The van der Waals surface area contributed by atoms with Gasteiger partial charge in [-0.05, 0) is 24.3 Å². The number of rotatable bonds is 2. The van der Waals surface area contributed by atoms with Crippen LogP contribution in [0.1, 0.15) is 10.4 Å². The fourth-order valence-corrected chi connectivity index (χ4v) is 1.88. The predicted octanol–water partition coefficient (Wildman–Crippen LogP) is 3.04. The van der Waals surface area contributed by atoms with Crippen molar-refractivity contribution in [3.05, 3.63) is 54.2 Å². The monoisotopic (exact) mass is 222 g/mol. The maximum atomic E-state index is 10.7. The van der Waals surface area contributed by atoms with Crippen LogP contribution in [0.5, 0.6) is 0 Å². The summed E-state index contributed by atoms with van der Waals surface area (Å²) in [5.74, 6) is 0. The molecule has 17 heavy (non-hydrogen) atoms. The Kier molecular flexibility index (Phi) is 2.22. The van der Waals surface area contributed by atoms with Crippen molar-refractivity contribution in [1.82, 2.24) is 9.97 Å². The zero-order valence-electron chi connectivity index (χ0n) is 9.05. The molecule has 0 spiro atoms. The number of hydrogen-bond acceptors (Lipinski definition) is 2. The van der Waals surface area contributed by atoms with E-state index in [-0.39, 0.29) is 0 Å². The van der Waals surface area contributed by atoms with E-state index >= 15 is 0 Å². The molecule has 82 valence electrons. The number of nitrogens with one attached hydrogen (secondary N) is 1. The van der Waals surface area contributed by atoms with Gasteiger partial charge in [0.05, 0.1) is 11.4 Å². The molecular formula is C14H10N2O. The first-order valence-corrected chi connectivity index (χ1v) is 5.36. The molecule has 3 heteroatoms. The predicted molar refractivity (Wildman–Crippen MR) is 66.9 cm³/mol. The summed E-state index contributed by atoms with van der Waals surface area (Å²) < 4.78 is 0. The number of pyridine rings is 1. The van der Waals surface area contributed by atoms with Gasteiger partial charge in [0.2, 0.25) is 0 Å². The van der Waals surface area contributed by atoms with Gasteiger partial charge in [-0.1, -0.05) is 18.2 Å². The Morgan fingerprint density at radius 2 is 2.00 bits per heavy atom. The molecule has 0 atom stereocenters. The SMILES string of the molecule is O=Cc1ccnc(-c2cc3ccccc3[nH]2)c1. The van der Waals surface area contributed by atoms with Crippen LogP contribution in [0.2, 0.25) is 0 Å². The molecule has 0 fully saturated rings. The van der Waals surface area contributed by atoms with E-state index < -0.39 is 0 Å². The third-order valence-electron chi connectivity index (χ3n) is 2.73. The Bertz CT molecular complexity index is 652. The first-order chi connectivity index (χ1) is 8.36. The van der Waals surface area contributed by atoms with Gasteiger partial charge in [0.25, 0.3) is 0 Å². The zero-order valence-corrected chi connectivity index (χ0v) is 9.05. The van der Waals surface area contributed by atoms with E-state index in [1.807, 2.05) is 30.3 Å². The minimum Gasteiger partial charge on any atom is -0.353 e. The van der Waals surface area contributed by atoms with Crippen LogP contribution in [0.25, 0.3) is 22.3 Å². The second kappa shape index (κ2) is 3.87. The molecule has 1 N–H and O–H groups in total. The van der Waals surface area contributed by atoms with Crippen molar-refractivity contribution in [3.8, 4) is 11.4 Å². The van der Waals surface area contributed by atoms with Gasteiger partial charge in [0.1, 0.15) is 6.29 Å². The third-order valence-corrected chi connectivity index (χ3v) is 2.73. The Balaban J connectivity index is 2.16. The van der Waals surface area contributed by atoms with Crippen LogP contribution in [-0.4, -0.2) is 16.3 Å². The van der Waals surface area contributed by atoms with Gasteiger partial charge in [-0.2, -0.15) is 0 Å². The van der Waals surface area contributed by atoms with E-state index in [4.69, 9.17) is 0 Å². The Labute approximate surface area is 98.1 Å². The first-order valence-electron chi connectivity index (χ1n) is 5.36. The van der Waals surface area contributed by atoms with Crippen molar-refractivity contribution in [3.63, 3.8) is 0 Å². The number of carbonyl (C=O) groups is 1. The standard InChI is InChI=1S/C14H10N2O/c17-9-10-5-6-15-13(7-10)14-8-11-3-1-2-4-12(11)16-14/h1-9,16H. The number of aromatic nitrogens is 2. The lowest BCUT2D eigenvalue weighted by Gasteiger charge is -1.97. The first kappa shape index (κ1) is 9.78. The minimum atomic E-state index is 0.633. The van der Waals surface area contributed by atoms with Crippen molar-refractivity contribution in [2.45, 2.75) is 0 Å². The highest BCUT2D eigenvalue weighted by Gasteiger charge is 2.04. The average molecular weight is 222 g/mol. The van der Waals surface area contributed by atoms with Gasteiger partial charge < -0.3 is 4.98 Å². The molecule has 0 saturated heterocycles. The van der Waals surface area contributed by atoms with Gasteiger partial charge in [0, 0.05) is 22.7 Å². The number of hydrogen-bond donors (Lipinski definition) is 1. The summed E-state index contributed by atoms with van der Waals surface area (Å²) in [6.07, 6.45) is 2.47. The second-order valence-corrected chi connectivity index (χ2v) is 3.86. The van der Waals surface area contributed by atoms with Crippen molar-refractivity contribution in [1.29, 1.82) is 0 Å². The molecule has 0 aliphatic rings. The molecule has 3 nitrogen and oxygen atoms in total. The number of carbonyl (C=O) groups excluding carboxylic acids is 1. The van der Waals surface area contributed by atoms with E-state index in [0.717, 1.165) is 28.6 Å². The van der Waals surface area contributed by atoms with Crippen LogP contribution in [-0.2, 0) is 0 Å². The number of benzene rings is 1. The van der Waals surface area contributed by atoms with Crippen LogP contribution in [0.3, 0.4) is 0 Å². The van der Waals surface area contributed by atoms with Gasteiger partial charge >= 0.3 is 0 Å². The number of aromatic amines is 1. The molecule has 2 aromatic heterocycles. The van der Waals surface area contributed by atoms with E-state index in [2.05, 4.69) is 9.97 Å². The Hall–Kier alpha value is -2.42. The van der Waals surface area contributed by atoms with Crippen LogP contribution in [0.15, 0.2) is 48.7 Å². The number of nitrogens with zero attached hydrogens (tertiary/aromatic N) is 1. The second-order valence-electron chi connectivity index (χ2n) is 3.86. The highest BCUT2D eigenvalue weighted by molar-refractivity contribution is 5.86. The highest BCUT2D eigenvalue weighted by Crippen LogP contribution is 2.22. The summed E-state index contributed by atoms with van der Waals surface area (Å²) >= 11 is 0.